The predicted molar refractivity (Wildman–Crippen MR) is 86.4 cm³/mol. The Morgan fingerprint density at radius 3 is 2.90 bits per heavy atom. The molecule has 3 nitrogen and oxygen atoms in total. The number of fused-ring (bicyclic) bond motifs is 1. The van der Waals surface area contributed by atoms with Crippen LogP contribution in [0.25, 0.3) is 11.0 Å². The third-order valence-electron chi connectivity index (χ3n) is 3.65. The first kappa shape index (κ1) is 14.3. The number of hydrogen-bond acceptors (Lipinski definition) is 4. The highest BCUT2D eigenvalue weighted by molar-refractivity contribution is 7.10. The molecule has 0 saturated heterocycles. The smallest absolute Gasteiger partial charge is 0.134 e. The molecule has 3 aromatic rings. The molecular formula is C17H19NO2S. The van der Waals surface area contributed by atoms with Crippen molar-refractivity contribution in [1.82, 2.24) is 5.32 Å². The predicted octanol–water partition coefficient (Wildman–Crippen LogP) is 4.10. The minimum Gasteiger partial charge on any atom is -0.464 e. The van der Waals surface area contributed by atoms with Crippen LogP contribution in [0, 0.1) is 0 Å². The van der Waals surface area contributed by atoms with Crippen LogP contribution in [0.4, 0.5) is 0 Å². The van der Waals surface area contributed by atoms with Crippen LogP contribution in [-0.4, -0.2) is 11.1 Å². The Kier molecular flexibility index (Phi) is 4.39. The summed E-state index contributed by atoms with van der Waals surface area (Å²) in [5, 5.41) is 16.8. The Labute approximate surface area is 128 Å². The Morgan fingerprint density at radius 2 is 2.10 bits per heavy atom. The molecule has 0 spiro atoms. The molecule has 110 valence electrons. The van der Waals surface area contributed by atoms with Gasteiger partial charge in [-0.2, -0.15) is 0 Å². The first-order valence-corrected chi connectivity index (χ1v) is 8.02. The van der Waals surface area contributed by atoms with E-state index >= 15 is 0 Å². The number of furan rings is 1. The zero-order chi connectivity index (χ0) is 14.7. The molecule has 4 heteroatoms. The lowest BCUT2D eigenvalue weighted by atomic mass is 10.1. The summed E-state index contributed by atoms with van der Waals surface area (Å²) in [6.45, 7) is 2.84. The minimum absolute atomic E-state index is 0.232. The molecule has 0 aliphatic carbocycles. The number of thiophene rings is 1. The summed E-state index contributed by atoms with van der Waals surface area (Å²) in [6, 6.07) is 12.2. The Morgan fingerprint density at radius 1 is 1.24 bits per heavy atom. The van der Waals surface area contributed by atoms with E-state index in [1.54, 1.807) is 17.6 Å². The van der Waals surface area contributed by atoms with Gasteiger partial charge in [-0.3, -0.25) is 0 Å². The van der Waals surface area contributed by atoms with E-state index < -0.39 is 6.10 Å². The van der Waals surface area contributed by atoms with Gasteiger partial charge in [0.05, 0.1) is 12.4 Å². The van der Waals surface area contributed by atoms with E-state index in [4.69, 9.17) is 4.42 Å². The summed E-state index contributed by atoms with van der Waals surface area (Å²) in [4.78, 5) is 1.03. The van der Waals surface area contributed by atoms with E-state index in [9.17, 15) is 5.11 Å². The van der Waals surface area contributed by atoms with Crippen molar-refractivity contribution in [2.75, 3.05) is 0 Å². The van der Waals surface area contributed by atoms with Gasteiger partial charge >= 0.3 is 0 Å². The summed E-state index contributed by atoms with van der Waals surface area (Å²) in [6.07, 6.45) is 2.12. The highest BCUT2D eigenvalue weighted by Gasteiger charge is 2.13. The second-order valence-corrected chi connectivity index (χ2v) is 6.29. The molecule has 0 amide bonds. The second-order valence-electron chi connectivity index (χ2n) is 5.31. The van der Waals surface area contributed by atoms with Gasteiger partial charge < -0.3 is 14.8 Å². The van der Waals surface area contributed by atoms with E-state index in [2.05, 4.69) is 18.3 Å². The quantitative estimate of drug-likeness (QED) is 0.720. The molecule has 21 heavy (non-hydrogen) atoms. The molecule has 2 heterocycles. The van der Waals surface area contributed by atoms with Gasteiger partial charge in [0.1, 0.15) is 5.58 Å². The maximum absolute atomic E-state index is 10.2. The van der Waals surface area contributed by atoms with Crippen LogP contribution < -0.4 is 5.32 Å². The lowest BCUT2D eigenvalue weighted by Gasteiger charge is -2.16. The van der Waals surface area contributed by atoms with Crippen LogP contribution in [0.2, 0.25) is 0 Å². The number of aliphatic hydroxyl groups is 1. The molecule has 2 N–H and O–H groups in total. The lowest BCUT2D eigenvalue weighted by Crippen LogP contribution is -2.27. The van der Waals surface area contributed by atoms with Crippen LogP contribution in [0.3, 0.4) is 0 Å². The van der Waals surface area contributed by atoms with E-state index in [0.717, 1.165) is 28.0 Å². The topological polar surface area (TPSA) is 45.4 Å². The highest BCUT2D eigenvalue weighted by Crippen LogP contribution is 2.24. The van der Waals surface area contributed by atoms with Crippen molar-refractivity contribution in [1.29, 1.82) is 0 Å². The molecule has 2 unspecified atom stereocenters. The van der Waals surface area contributed by atoms with Crippen molar-refractivity contribution in [3.63, 3.8) is 0 Å². The summed E-state index contributed by atoms with van der Waals surface area (Å²) < 4.78 is 5.53. The number of nitrogens with one attached hydrogen (secondary N) is 1. The molecule has 0 saturated carbocycles. The molecular weight excluding hydrogens is 282 g/mol. The summed E-state index contributed by atoms with van der Waals surface area (Å²) in [5.74, 6) is 0. The fourth-order valence-electron chi connectivity index (χ4n) is 2.47. The maximum atomic E-state index is 10.2. The summed E-state index contributed by atoms with van der Waals surface area (Å²) in [5.41, 5.74) is 2.07. The van der Waals surface area contributed by atoms with Crippen molar-refractivity contribution in [2.45, 2.75) is 32.0 Å². The number of rotatable bonds is 6. The van der Waals surface area contributed by atoms with Crippen LogP contribution in [-0.2, 0) is 6.54 Å². The zero-order valence-corrected chi connectivity index (χ0v) is 12.8. The highest BCUT2D eigenvalue weighted by atomic mass is 32.1. The molecule has 0 bridgehead atoms. The molecule has 1 aromatic carbocycles. The van der Waals surface area contributed by atoms with Gasteiger partial charge in [-0.1, -0.05) is 24.3 Å². The minimum atomic E-state index is -0.395. The third-order valence-corrected chi connectivity index (χ3v) is 4.62. The summed E-state index contributed by atoms with van der Waals surface area (Å²) in [7, 11) is 0. The number of benzene rings is 1. The number of para-hydroxylation sites is 1. The van der Waals surface area contributed by atoms with E-state index in [1.165, 1.54) is 0 Å². The first-order chi connectivity index (χ1) is 10.2. The van der Waals surface area contributed by atoms with Gasteiger partial charge in [0, 0.05) is 28.4 Å². The molecule has 0 fully saturated rings. The Bertz CT molecular complexity index is 690. The fourth-order valence-corrected chi connectivity index (χ4v) is 3.19. The van der Waals surface area contributed by atoms with Gasteiger partial charge in [-0.25, -0.2) is 0 Å². The van der Waals surface area contributed by atoms with Gasteiger partial charge in [-0.15, -0.1) is 11.3 Å². The van der Waals surface area contributed by atoms with E-state index in [-0.39, 0.29) is 6.04 Å². The van der Waals surface area contributed by atoms with Crippen LogP contribution in [0.1, 0.15) is 29.9 Å². The fraction of sp³-hybridized carbons (Fsp3) is 0.294. The Hall–Kier alpha value is -1.62. The van der Waals surface area contributed by atoms with Crippen molar-refractivity contribution < 1.29 is 9.52 Å². The van der Waals surface area contributed by atoms with Crippen molar-refractivity contribution in [2.24, 2.45) is 0 Å². The second kappa shape index (κ2) is 6.43. The largest absolute Gasteiger partial charge is 0.464 e. The van der Waals surface area contributed by atoms with E-state index in [1.807, 2.05) is 35.7 Å². The normalized spacial score (nSPS) is 14.4. The van der Waals surface area contributed by atoms with Crippen molar-refractivity contribution in [3.05, 3.63) is 58.5 Å². The average Bonchev–Trinajstić information content (AvgIpc) is 3.15. The van der Waals surface area contributed by atoms with E-state index in [0.29, 0.717) is 6.42 Å². The number of hydrogen-bond donors (Lipinski definition) is 2. The molecule has 2 atom stereocenters. The molecule has 3 rings (SSSR count). The monoisotopic (exact) mass is 301 g/mol. The lowest BCUT2D eigenvalue weighted by molar-refractivity contribution is 0.157. The molecule has 2 aromatic heterocycles. The van der Waals surface area contributed by atoms with Gasteiger partial charge in [0.15, 0.2) is 0 Å². The van der Waals surface area contributed by atoms with Crippen molar-refractivity contribution >= 4 is 22.3 Å². The van der Waals surface area contributed by atoms with Crippen LogP contribution >= 0.6 is 11.3 Å². The Balaban J connectivity index is 1.57. The standard InChI is InChI=1S/C17H19NO2S/c1-12(9-15(19)17-7-4-8-21-17)18-10-13-11-20-16-6-3-2-5-14(13)16/h2-8,11-12,15,18-19H,9-10H2,1H3. The first-order valence-electron chi connectivity index (χ1n) is 7.14. The molecule has 0 radical (unpaired) electrons. The zero-order valence-electron chi connectivity index (χ0n) is 12.0. The van der Waals surface area contributed by atoms with Gasteiger partial charge in [-0.05, 0) is 30.9 Å². The van der Waals surface area contributed by atoms with Crippen LogP contribution in [0.15, 0.2) is 52.5 Å². The molecule has 0 aliphatic rings. The summed E-state index contributed by atoms with van der Waals surface area (Å²) >= 11 is 1.60. The van der Waals surface area contributed by atoms with Gasteiger partial charge in [0.25, 0.3) is 0 Å². The van der Waals surface area contributed by atoms with Crippen LogP contribution in [0.5, 0.6) is 0 Å². The van der Waals surface area contributed by atoms with Gasteiger partial charge in [0.2, 0.25) is 0 Å². The molecule has 0 aliphatic heterocycles. The third kappa shape index (κ3) is 3.35. The number of aliphatic hydroxyl groups excluding tert-OH is 1. The SMILES string of the molecule is CC(CC(O)c1cccs1)NCc1coc2ccccc12. The average molecular weight is 301 g/mol. The van der Waals surface area contributed by atoms with Crippen molar-refractivity contribution in [3.8, 4) is 0 Å². The maximum Gasteiger partial charge on any atom is 0.134 e.